The monoisotopic (exact) mass is 342 g/mol. The number of nitrogens with one attached hydrogen (secondary N) is 2. The molecule has 1 amide bonds. The molecule has 0 fully saturated rings. The second kappa shape index (κ2) is 8.27. The van der Waals surface area contributed by atoms with Gasteiger partial charge in [-0.3, -0.25) is 4.79 Å². The lowest BCUT2D eigenvalue weighted by Gasteiger charge is -2.19. The smallest absolute Gasteiger partial charge is 0.236 e. The van der Waals surface area contributed by atoms with E-state index in [0.29, 0.717) is 12.5 Å². The minimum Gasteiger partial charge on any atom is -0.496 e. The van der Waals surface area contributed by atoms with Gasteiger partial charge in [-0.1, -0.05) is 19.9 Å². The summed E-state index contributed by atoms with van der Waals surface area (Å²) in [4.78, 5) is 11.8. The molecular formula is C15H23BrN2O2. The third-order valence-corrected chi connectivity index (χ3v) is 3.66. The summed E-state index contributed by atoms with van der Waals surface area (Å²) in [7, 11) is 3.31. The highest BCUT2D eigenvalue weighted by Gasteiger charge is 2.17. The Kier molecular flexibility index (Phi) is 7.02. The third-order valence-electron chi connectivity index (χ3n) is 3.04. The van der Waals surface area contributed by atoms with Crippen LogP contribution in [0.3, 0.4) is 0 Å². The normalized spacial score (nSPS) is 12.3. The maximum atomic E-state index is 11.8. The first kappa shape index (κ1) is 17.0. The summed E-state index contributed by atoms with van der Waals surface area (Å²) < 4.78 is 6.12. The van der Waals surface area contributed by atoms with Crippen LogP contribution < -0.4 is 15.4 Å². The predicted molar refractivity (Wildman–Crippen MR) is 84.8 cm³/mol. The van der Waals surface area contributed by atoms with E-state index in [1.165, 1.54) is 0 Å². The van der Waals surface area contributed by atoms with Crippen LogP contribution in [0.15, 0.2) is 22.7 Å². The fourth-order valence-electron chi connectivity index (χ4n) is 1.99. The minimum absolute atomic E-state index is 0.0336. The van der Waals surface area contributed by atoms with Crippen molar-refractivity contribution in [1.82, 2.24) is 10.6 Å². The van der Waals surface area contributed by atoms with Gasteiger partial charge in [0.15, 0.2) is 0 Å². The van der Waals surface area contributed by atoms with Crippen LogP contribution in [0.4, 0.5) is 0 Å². The number of methoxy groups -OCH3 is 1. The van der Waals surface area contributed by atoms with Crippen molar-refractivity contribution in [2.75, 3.05) is 14.2 Å². The van der Waals surface area contributed by atoms with Gasteiger partial charge in [-0.25, -0.2) is 0 Å². The van der Waals surface area contributed by atoms with Gasteiger partial charge in [0.25, 0.3) is 0 Å². The molecule has 0 spiro atoms. The molecular weight excluding hydrogens is 320 g/mol. The van der Waals surface area contributed by atoms with E-state index in [0.717, 1.165) is 22.2 Å². The molecule has 0 bridgehead atoms. The standard InChI is InChI=1S/C15H23BrN2O2/c1-10(2)7-13(15(19)17-3)18-9-11-5-6-14(20-4)12(16)8-11/h5-6,8,10,13,18H,7,9H2,1-4H3,(H,17,19). The van der Waals surface area contributed by atoms with Crippen molar-refractivity contribution >= 4 is 21.8 Å². The molecule has 5 heteroatoms. The van der Waals surface area contributed by atoms with Crippen molar-refractivity contribution in [3.8, 4) is 5.75 Å². The summed E-state index contributed by atoms with van der Waals surface area (Å²) >= 11 is 3.47. The molecule has 0 saturated heterocycles. The summed E-state index contributed by atoms with van der Waals surface area (Å²) in [5.74, 6) is 1.30. The highest BCUT2D eigenvalue weighted by molar-refractivity contribution is 9.10. The van der Waals surface area contributed by atoms with Crippen LogP contribution >= 0.6 is 15.9 Å². The molecule has 112 valence electrons. The average molecular weight is 343 g/mol. The fraction of sp³-hybridized carbons (Fsp3) is 0.533. The molecule has 1 rings (SSSR count). The molecule has 0 aromatic heterocycles. The summed E-state index contributed by atoms with van der Waals surface area (Å²) in [6.45, 7) is 4.87. The lowest BCUT2D eigenvalue weighted by atomic mass is 10.0. The molecule has 1 aromatic carbocycles. The van der Waals surface area contributed by atoms with Crippen molar-refractivity contribution < 1.29 is 9.53 Å². The number of likely N-dealkylation sites (N-methyl/N-ethyl adjacent to an activating group) is 1. The molecule has 0 heterocycles. The number of benzene rings is 1. The van der Waals surface area contributed by atoms with Gasteiger partial charge < -0.3 is 15.4 Å². The zero-order valence-corrected chi connectivity index (χ0v) is 14.1. The minimum atomic E-state index is -0.166. The molecule has 1 atom stereocenters. The van der Waals surface area contributed by atoms with Gasteiger partial charge in [0, 0.05) is 13.6 Å². The van der Waals surface area contributed by atoms with Crippen molar-refractivity contribution in [2.24, 2.45) is 5.92 Å². The lowest BCUT2D eigenvalue weighted by Crippen LogP contribution is -2.43. The molecule has 0 radical (unpaired) electrons. The molecule has 2 N–H and O–H groups in total. The van der Waals surface area contributed by atoms with Gasteiger partial charge in [-0.2, -0.15) is 0 Å². The fourth-order valence-corrected chi connectivity index (χ4v) is 2.58. The van der Waals surface area contributed by atoms with E-state index in [1.54, 1.807) is 14.2 Å². The van der Waals surface area contributed by atoms with Gasteiger partial charge in [0.1, 0.15) is 5.75 Å². The highest BCUT2D eigenvalue weighted by atomic mass is 79.9. The summed E-state index contributed by atoms with van der Waals surface area (Å²) in [5, 5.41) is 6.01. The van der Waals surface area contributed by atoms with E-state index < -0.39 is 0 Å². The van der Waals surface area contributed by atoms with Gasteiger partial charge in [-0.15, -0.1) is 0 Å². The van der Waals surface area contributed by atoms with Gasteiger partial charge >= 0.3 is 0 Å². The highest BCUT2D eigenvalue weighted by Crippen LogP contribution is 2.25. The molecule has 0 saturated carbocycles. The Balaban J connectivity index is 2.67. The molecule has 20 heavy (non-hydrogen) atoms. The Morgan fingerprint density at radius 1 is 1.40 bits per heavy atom. The number of halogens is 1. The zero-order chi connectivity index (χ0) is 15.1. The lowest BCUT2D eigenvalue weighted by molar-refractivity contribution is -0.123. The Morgan fingerprint density at radius 2 is 2.10 bits per heavy atom. The first-order valence-electron chi connectivity index (χ1n) is 6.75. The van der Waals surface area contributed by atoms with Gasteiger partial charge in [-0.05, 0) is 46.0 Å². The van der Waals surface area contributed by atoms with Crippen LogP contribution in [-0.2, 0) is 11.3 Å². The maximum Gasteiger partial charge on any atom is 0.236 e. The van der Waals surface area contributed by atoms with Crippen molar-refractivity contribution in [3.63, 3.8) is 0 Å². The topological polar surface area (TPSA) is 50.4 Å². The van der Waals surface area contributed by atoms with Crippen LogP contribution in [0.25, 0.3) is 0 Å². The quantitative estimate of drug-likeness (QED) is 0.800. The number of amides is 1. The molecule has 0 aliphatic carbocycles. The van der Waals surface area contributed by atoms with Gasteiger partial charge in [0.05, 0.1) is 17.6 Å². The Bertz CT molecular complexity index is 449. The number of hydrogen-bond donors (Lipinski definition) is 2. The van der Waals surface area contributed by atoms with Crippen LogP contribution in [0.1, 0.15) is 25.8 Å². The largest absolute Gasteiger partial charge is 0.496 e. The van der Waals surface area contributed by atoms with Crippen LogP contribution in [-0.4, -0.2) is 26.1 Å². The second-order valence-corrected chi connectivity index (χ2v) is 6.00. The zero-order valence-electron chi connectivity index (χ0n) is 12.5. The number of carbonyl (C=O) groups excluding carboxylic acids is 1. The Labute approximate surface area is 129 Å². The predicted octanol–water partition coefficient (Wildman–Crippen LogP) is 2.71. The molecule has 1 unspecified atom stereocenters. The molecule has 1 aromatic rings. The van der Waals surface area contributed by atoms with E-state index in [-0.39, 0.29) is 11.9 Å². The maximum absolute atomic E-state index is 11.8. The summed E-state index contributed by atoms with van der Waals surface area (Å²) in [5.41, 5.74) is 1.11. The number of carbonyl (C=O) groups is 1. The Morgan fingerprint density at radius 3 is 2.60 bits per heavy atom. The first-order valence-corrected chi connectivity index (χ1v) is 7.54. The molecule has 4 nitrogen and oxygen atoms in total. The van der Waals surface area contributed by atoms with Crippen molar-refractivity contribution in [2.45, 2.75) is 32.9 Å². The summed E-state index contributed by atoms with van der Waals surface area (Å²) in [6.07, 6.45) is 0.816. The van der Waals surface area contributed by atoms with E-state index in [9.17, 15) is 4.79 Å². The summed E-state index contributed by atoms with van der Waals surface area (Å²) in [6, 6.07) is 5.74. The molecule has 0 aliphatic heterocycles. The van der Waals surface area contributed by atoms with E-state index in [2.05, 4.69) is 40.4 Å². The van der Waals surface area contributed by atoms with E-state index in [1.807, 2.05) is 18.2 Å². The number of ether oxygens (including phenoxy) is 1. The Hall–Kier alpha value is -1.07. The number of hydrogen-bond acceptors (Lipinski definition) is 3. The molecule has 0 aliphatic rings. The van der Waals surface area contributed by atoms with Crippen LogP contribution in [0.2, 0.25) is 0 Å². The van der Waals surface area contributed by atoms with Crippen molar-refractivity contribution in [1.29, 1.82) is 0 Å². The van der Waals surface area contributed by atoms with E-state index >= 15 is 0 Å². The number of rotatable bonds is 7. The second-order valence-electron chi connectivity index (χ2n) is 5.15. The third kappa shape index (κ3) is 5.13. The average Bonchev–Trinajstić information content (AvgIpc) is 2.42. The first-order chi connectivity index (χ1) is 9.47. The van der Waals surface area contributed by atoms with Gasteiger partial charge in [0.2, 0.25) is 5.91 Å². The SMILES string of the molecule is CNC(=O)C(CC(C)C)NCc1ccc(OC)c(Br)c1. The van der Waals surface area contributed by atoms with Crippen molar-refractivity contribution in [3.05, 3.63) is 28.2 Å². The van der Waals surface area contributed by atoms with E-state index in [4.69, 9.17) is 4.74 Å². The van der Waals surface area contributed by atoms with Crippen LogP contribution in [0.5, 0.6) is 5.75 Å². The van der Waals surface area contributed by atoms with Crippen LogP contribution in [0, 0.1) is 5.92 Å².